The summed E-state index contributed by atoms with van der Waals surface area (Å²) in [6, 6.07) is 0. The highest BCUT2D eigenvalue weighted by Gasteiger charge is 2.30. The SMILES string of the molecule is C=CC(=O)N1CC(c2cnn(C)c2)C1. The van der Waals surface area contributed by atoms with Crippen molar-refractivity contribution in [2.45, 2.75) is 5.92 Å². The van der Waals surface area contributed by atoms with Gasteiger partial charge in [-0.1, -0.05) is 6.58 Å². The van der Waals surface area contributed by atoms with Crippen LogP contribution in [0.4, 0.5) is 0 Å². The van der Waals surface area contributed by atoms with Crippen LogP contribution >= 0.6 is 0 Å². The van der Waals surface area contributed by atoms with E-state index in [1.54, 1.807) is 9.58 Å². The monoisotopic (exact) mass is 191 g/mol. The molecule has 0 unspecified atom stereocenters. The fraction of sp³-hybridized carbons (Fsp3) is 0.400. The summed E-state index contributed by atoms with van der Waals surface area (Å²) in [5, 5.41) is 4.10. The van der Waals surface area contributed by atoms with E-state index in [2.05, 4.69) is 11.7 Å². The first kappa shape index (κ1) is 8.99. The zero-order valence-corrected chi connectivity index (χ0v) is 8.18. The second-order valence-corrected chi connectivity index (χ2v) is 3.59. The Hall–Kier alpha value is -1.58. The lowest BCUT2D eigenvalue weighted by Gasteiger charge is -2.38. The number of hydrogen-bond acceptors (Lipinski definition) is 2. The molecule has 0 saturated carbocycles. The average Bonchev–Trinajstić information content (AvgIpc) is 2.49. The lowest BCUT2D eigenvalue weighted by Crippen LogP contribution is -2.47. The van der Waals surface area contributed by atoms with Crippen LogP contribution in [0.25, 0.3) is 0 Å². The van der Waals surface area contributed by atoms with Crippen molar-refractivity contribution < 1.29 is 4.79 Å². The minimum atomic E-state index is 0.0186. The van der Waals surface area contributed by atoms with Crippen molar-refractivity contribution in [3.8, 4) is 0 Å². The molecule has 0 spiro atoms. The van der Waals surface area contributed by atoms with E-state index in [0.717, 1.165) is 13.1 Å². The smallest absolute Gasteiger partial charge is 0.245 e. The molecule has 74 valence electrons. The molecule has 4 nitrogen and oxygen atoms in total. The Labute approximate surface area is 82.8 Å². The van der Waals surface area contributed by atoms with Gasteiger partial charge in [0.05, 0.1) is 6.20 Å². The van der Waals surface area contributed by atoms with Gasteiger partial charge in [-0.2, -0.15) is 5.10 Å². The highest BCUT2D eigenvalue weighted by Crippen LogP contribution is 2.26. The molecule has 1 fully saturated rings. The van der Waals surface area contributed by atoms with Crippen LogP contribution in [-0.2, 0) is 11.8 Å². The number of rotatable bonds is 2. The van der Waals surface area contributed by atoms with E-state index in [0.29, 0.717) is 5.92 Å². The van der Waals surface area contributed by atoms with Crippen molar-refractivity contribution in [2.24, 2.45) is 7.05 Å². The molecule has 2 rings (SSSR count). The Morgan fingerprint density at radius 2 is 2.43 bits per heavy atom. The van der Waals surface area contributed by atoms with Crippen LogP contribution in [0.1, 0.15) is 11.5 Å². The van der Waals surface area contributed by atoms with Crippen molar-refractivity contribution in [3.63, 3.8) is 0 Å². The van der Waals surface area contributed by atoms with Crippen molar-refractivity contribution in [2.75, 3.05) is 13.1 Å². The van der Waals surface area contributed by atoms with Gasteiger partial charge in [-0.25, -0.2) is 0 Å². The fourth-order valence-electron chi connectivity index (χ4n) is 1.65. The molecule has 4 heteroatoms. The van der Waals surface area contributed by atoms with Crippen molar-refractivity contribution in [3.05, 3.63) is 30.6 Å². The summed E-state index contributed by atoms with van der Waals surface area (Å²) < 4.78 is 1.79. The third-order valence-corrected chi connectivity index (χ3v) is 2.56. The summed E-state index contributed by atoms with van der Waals surface area (Å²) in [5.74, 6) is 0.470. The van der Waals surface area contributed by atoms with Gasteiger partial charge in [-0.05, 0) is 11.6 Å². The lowest BCUT2D eigenvalue weighted by molar-refractivity contribution is -0.130. The van der Waals surface area contributed by atoms with E-state index >= 15 is 0 Å². The van der Waals surface area contributed by atoms with Crippen LogP contribution in [-0.4, -0.2) is 33.7 Å². The fourth-order valence-corrected chi connectivity index (χ4v) is 1.65. The Morgan fingerprint density at radius 3 is 2.93 bits per heavy atom. The molecule has 2 heterocycles. The van der Waals surface area contributed by atoms with E-state index in [-0.39, 0.29) is 5.91 Å². The van der Waals surface area contributed by atoms with E-state index in [1.807, 2.05) is 19.4 Å². The van der Waals surface area contributed by atoms with Gasteiger partial charge in [0, 0.05) is 32.3 Å². The molecular weight excluding hydrogens is 178 g/mol. The first-order chi connectivity index (χ1) is 6.70. The molecule has 0 N–H and O–H groups in total. The predicted molar refractivity (Wildman–Crippen MR) is 52.7 cm³/mol. The van der Waals surface area contributed by atoms with Crippen LogP contribution in [0, 0.1) is 0 Å². The Morgan fingerprint density at radius 1 is 1.71 bits per heavy atom. The van der Waals surface area contributed by atoms with E-state index in [4.69, 9.17) is 0 Å². The summed E-state index contributed by atoms with van der Waals surface area (Å²) in [5.41, 5.74) is 1.21. The minimum absolute atomic E-state index is 0.0186. The number of aryl methyl sites for hydroxylation is 1. The number of carbonyl (C=O) groups is 1. The summed E-state index contributed by atoms with van der Waals surface area (Å²) in [7, 11) is 1.90. The summed E-state index contributed by atoms with van der Waals surface area (Å²) >= 11 is 0. The molecule has 0 radical (unpaired) electrons. The van der Waals surface area contributed by atoms with Crippen molar-refractivity contribution in [1.82, 2.24) is 14.7 Å². The van der Waals surface area contributed by atoms with Gasteiger partial charge in [0.25, 0.3) is 0 Å². The van der Waals surface area contributed by atoms with Crippen LogP contribution in [0.2, 0.25) is 0 Å². The standard InChI is InChI=1S/C10H13N3O/c1-3-10(14)13-6-9(7-13)8-4-11-12(2)5-8/h3-5,9H,1,6-7H2,2H3. The molecular formula is C10H13N3O. The molecule has 1 saturated heterocycles. The van der Waals surface area contributed by atoms with Gasteiger partial charge in [-0.3, -0.25) is 9.48 Å². The Bertz CT molecular complexity index is 363. The van der Waals surface area contributed by atoms with Gasteiger partial charge < -0.3 is 4.90 Å². The normalized spacial score (nSPS) is 16.5. The van der Waals surface area contributed by atoms with E-state index in [9.17, 15) is 4.79 Å². The zero-order chi connectivity index (χ0) is 10.1. The summed E-state index contributed by atoms with van der Waals surface area (Å²) in [6.45, 7) is 5.03. The van der Waals surface area contributed by atoms with Gasteiger partial charge >= 0.3 is 0 Å². The molecule has 1 aliphatic rings. The molecule has 1 amide bonds. The van der Waals surface area contributed by atoms with E-state index in [1.165, 1.54) is 11.6 Å². The van der Waals surface area contributed by atoms with Crippen molar-refractivity contribution >= 4 is 5.91 Å². The average molecular weight is 191 g/mol. The van der Waals surface area contributed by atoms with Crippen LogP contribution in [0.5, 0.6) is 0 Å². The molecule has 1 aliphatic heterocycles. The Kier molecular flexibility index (Phi) is 2.11. The molecule has 1 aromatic heterocycles. The predicted octanol–water partition coefficient (Wildman–Crippen LogP) is 0.532. The maximum atomic E-state index is 11.2. The number of aromatic nitrogens is 2. The highest BCUT2D eigenvalue weighted by molar-refractivity contribution is 5.87. The third-order valence-electron chi connectivity index (χ3n) is 2.56. The molecule has 1 aromatic rings. The Balaban J connectivity index is 1.95. The third kappa shape index (κ3) is 1.43. The van der Waals surface area contributed by atoms with Crippen LogP contribution in [0.15, 0.2) is 25.0 Å². The number of amides is 1. The van der Waals surface area contributed by atoms with Crippen LogP contribution in [0.3, 0.4) is 0 Å². The van der Waals surface area contributed by atoms with Gasteiger partial charge in [-0.15, -0.1) is 0 Å². The lowest BCUT2D eigenvalue weighted by atomic mass is 9.94. The summed E-state index contributed by atoms with van der Waals surface area (Å²) in [4.78, 5) is 12.9. The van der Waals surface area contributed by atoms with Gasteiger partial charge in [0.1, 0.15) is 0 Å². The number of hydrogen-bond donors (Lipinski definition) is 0. The summed E-state index contributed by atoms with van der Waals surface area (Å²) in [6.07, 6.45) is 5.22. The second kappa shape index (κ2) is 3.29. The first-order valence-electron chi connectivity index (χ1n) is 4.60. The number of carbonyl (C=O) groups excluding carboxylic acids is 1. The molecule has 0 aromatic carbocycles. The highest BCUT2D eigenvalue weighted by atomic mass is 16.2. The molecule has 0 bridgehead atoms. The van der Waals surface area contributed by atoms with E-state index < -0.39 is 0 Å². The minimum Gasteiger partial charge on any atom is -0.338 e. The number of nitrogens with zero attached hydrogens (tertiary/aromatic N) is 3. The second-order valence-electron chi connectivity index (χ2n) is 3.59. The maximum Gasteiger partial charge on any atom is 0.245 e. The van der Waals surface area contributed by atoms with Gasteiger partial charge in [0.15, 0.2) is 0 Å². The largest absolute Gasteiger partial charge is 0.338 e. The molecule has 14 heavy (non-hydrogen) atoms. The van der Waals surface area contributed by atoms with Crippen LogP contribution < -0.4 is 0 Å². The number of likely N-dealkylation sites (tertiary alicyclic amines) is 1. The van der Waals surface area contributed by atoms with Crippen molar-refractivity contribution in [1.29, 1.82) is 0 Å². The topological polar surface area (TPSA) is 38.1 Å². The molecule has 0 aliphatic carbocycles. The van der Waals surface area contributed by atoms with Gasteiger partial charge in [0.2, 0.25) is 5.91 Å². The molecule has 0 atom stereocenters. The maximum absolute atomic E-state index is 11.2. The first-order valence-corrected chi connectivity index (χ1v) is 4.60. The zero-order valence-electron chi connectivity index (χ0n) is 8.18. The quantitative estimate of drug-likeness (QED) is 0.640.